The number of hydrogen-bond donors (Lipinski definition) is 3. The van der Waals surface area contributed by atoms with Crippen molar-refractivity contribution in [3.05, 3.63) is 64.5 Å². The molecule has 2 aromatic rings. The summed E-state index contributed by atoms with van der Waals surface area (Å²) in [6, 6.07) is 10.5. The molecule has 1 aromatic carbocycles. The highest BCUT2D eigenvalue weighted by Crippen LogP contribution is 2.44. The Bertz CT molecular complexity index is 920. The summed E-state index contributed by atoms with van der Waals surface area (Å²) < 4.78 is 5.35. The number of aliphatic hydroxyl groups is 1. The lowest BCUT2D eigenvalue weighted by molar-refractivity contribution is 0.0928. The summed E-state index contributed by atoms with van der Waals surface area (Å²) in [4.78, 5) is 29.2. The van der Waals surface area contributed by atoms with Gasteiger partial charge >= 0.3 is 0 Å². The van der Waals surface area contributed by atoms with Crippen LogP contribution >= 0.6 is 0 Å². The Morgan fingerprint density at radius 2 is 1.89 bits per heavy atom. The van der Waals surface area contributed by atoms with Crippen LogP contribution in [0.15, 0.2) is 36.4 Å². The van der Waals surface area contributed by atoms with Gasteiger partial charge in [-0.05, 0) is 30.2 Å². The average molecular weight is 381 g/mol. The van der Waals surface area contributed by atoms with E-state index >= 15 is 0 Å². The zero-order valence-electron chi connectivity index (χ0n) is 15.8. The van der Waals surface area contributed by atoms with Crippen molar-refractivity contribution in [2.24, 2.45) is 11.8 Å². The second-order valence-corrected chi connectivity index (χ2v) is 7.37. The molecule has 2 fully saturated rings. The highest BCUT2D eigenvalue weighted by atomic mass is 16.5. The number of pyridine rings is 1. The van der Waals surface area contributed by atoms with Gasteiger partial charge < -0.3 is 20.5 Å². The van der Waals surface area contributed by atoms with Crippen LogP contribution in [0.1, 0.15) is 43.8 Å². The molecule has 3 N–H and O–H groups in total. The smallest absolute Gasteiger partial charge is 0.269 e. The third kappa shape index (κ3) is 3.39. The van der Waals surface area contributed by atoms with Crippen molar-refractivity contribution in [1.29, 1.82) is 0 Å². The number of benzene rings is 1. The van der Waals surface area contributed by atoms with Gasteiger partial charge in [0, 0.05) is 30.5 Å². The number of ether oxygens (including phenoxy) is 1. The van der Waals surface area contributed by atoms with E-state index in [4.69, 9.17) is 4.74 Å². The summed E-state index contributed by atoms with van der Waals surface area (Å²) in [6.45, 7) is 3.24. The van der Waals surface area contributed by atoms with Gasteiger partial charge in [-0.1, -0.05) is 24.3 Å². The summed E-state index contributed by atoms with van der Waals surface area (Å²) in [5.74, 6) is 0.0669. The van der Waals surface area contributed by atoms with Gasteiger partial charge in [0.1, 0.15) is 11.8 Å². The van der Waals surface area contributed by atoms with E-state index in [1.807, 2.05) is 25.1 Å². The molecule has 4 rings (SSSR count). The third-order valence-electron chi connectivity index (χ3n) is 5.58. The number of aryl methyl sites for hydroxylation is 1. The highest BCUT2D eigenvalue weighted by molar-refractivity contribution is 5.99. The first kappa shape index (κ1) is 18.6. The molecule has 4 atom stereocenters. The molecule has 1 aromatic heterocycles. The second kappa shape index (κ2) is 7.33. The van der Waals surface area contributed by atoms with Gasteiger partial charge in [-0.3, -0.25) is 9.59 Å². The highest BCUT2D eigenvalue weighted by Gasteiger charge is 2.54. The summed E-state index contributed by atoms with van der Waals surface area (Å²) in [6.07, 6.45) is -1.04. The molecule has 0 radical (unpaired) electrons. The number of carbonyl (C=O) groups is 2. The summed E-state index contributed by atoms with van der Waals surface area (Å²) in [5, 5.41) is 16.4. The van der Waals surface area contributed by atoms with E-state index in [1.54, 1.807) is 12.1 Å². The van der Waals surface area contributed by atoms with Crippen LogP contribution in [0.25, 0.3) is 0 Å². The molecular formula is C21H23N3O4. The number of hydrogen-bond acceptors (Lipinski definition) is 5. The SMILES string of the molecule is CNC(=O)c1cc(C(=O)NC2[C@H]3COC[C@@H]23)cc([C@H](O)c2ccccc2C)n1. The quantitative estimate of drug-likeness (QED) is 0.723. The van der Waals surface area contributed by atoms with Crippen molar-refractivity contribution in [1.82, 2.24) is 15.6 Å². The lowest BCUT2D eigenvalue weighted by atomic mass is 9.99. The topological polar surface area (TPSA) is 101 Å². The fourth-order valence-electron chi connectivity index (χ4n) is 3.81. The van der Waals surface area contributed by atoms with Crippen LogP contribution in [0, 0.1) is 18.8 Å². The molecule has 2 heterocycles. The molecule has 1 aliphatic heterocycles. The predicted molar refractivity (Wildman–Crippen MR) is 102 cm³/mol. The number of amides is 2. The number of aromatic nitrogens is 1. The number of aliphatic hydroxyl groups excluding tert-OH is 1. The first-order valence-corrected chi connectivity index (χ1v) is 9.36. The van der Waals surface area contributed by atoms with Crippen LogP contribution in [0.4, 0.5) is 0 Å². The van der Waals surface area contributed by atoms with E-state index in [0.717, 1.165) is 5.56 Å². The molecule has 146 valence electrons. The maximum atomic E-state index is 12.8. The van der Waals surface area contributed by atoms with E-state index < -0.39 is 12.0 Å². The Kier molecular flexibility index (Phi) is 4.87. The monoisotopic (exact) mass is 381 g/mol. The lowest BCUT2D eigenvalue weighted by Crippen LogP contribution is -2.31. The van der Waals surface area contributed by atoms with Crippen molar-refractivity contribution in [3.8, 4) is 0 Å². The van der Waals surface area contributed by atoms with E-state index in [9.17, 15) is 14.7 Å². The summed E-state index contributed by atoms with van der Waals surface area (Å²) in [7, 11) is 1.50. The van der Waals surface area contributed by atoms with Crippen molar-refractivity contribution in [2.45, 2.75) is 19.1 Å². The minimum atomic E-state index is -1.04. The average Bonchev–Trinajstić information content (AvgIpc) is 3.13. The Hall–Kier alpha value is -2.77. The molecule has 7 heteroatoms. The Balaban J connectivity index is 1.64. The van der Waals surface area contributed by atoms with Crippen molar-refractivity contribution >= 4 is 11.8 Å². The molecule has 0 spiro atoms. The van der Waals surface area contributed by atoms with Crippen LogP contribution in [-0.4, -0.2) is 48.2 Å². The maximum Gasteiger partial charge on any atom is 0.269 e. The molecule has 28 heavy (non-hydrogen) atoms. The van der Waals surface area contributed by atoms with Gasteiger partial charge in [-0.2, -0.15) is 0 Å². The standard InChI is InChI=1S/C21H23N3O4/c1-11-5-3-4-6-13(11)19(25)16-7-12(8-17(23-16)21(27)22-2)20(26)24-18-14-9-28-10-15(14)18/h3-8,14-15,18-19,25H,9-10H2,1-2H3,(H,22,27)(H,24,26)/t14-,15+,18?,19-/m1/s1. The van der Waals surface area contributed by atoms with Crippen LogP contribution < -0.4 is 10.6 Å². The zero-order chi connectivity index (χ0) is 19.8. The van der Waals surface area contributed by atoms with E-state index in [0.29, 0.717) is 36.2 Å². The maximum absolute atomic E-state index is 12.8. The van der Waals surface area contributed by atoms with E-state index in [2.05, 4.69) is 15.6 Å². The van der Waals surface area contributed by atoms with Gasteiger partial charge in [-0.15, -0.1) is 0 Å². The first-order chi connectivity index (χ1) is 13.5. The minimum Gasteiger partial charge on any atom is -0.382 e. The first-order valence-electron chi connectivity index (χ1n) is 9.36. The molecular weight excluding hydrogens is 358 g/mol. The van der Waals surface area contributed by atoms with E-state index in [-0.39, 0.29) is 23.3 Å². The summed E-state index contributed by atoms with van der Waals surface area (Å²) >= 11 is 0. The fraction of sp³-hybridized carbons (Fsp3) is 0.381. The zero-order valence-corrected chi connectivity index (χ0v) is 15.8. The lowest BCUT2D eigenvalue weighted by Gasteiger charge is -2.16. The number of carbonyl (C=O) groups excluding carboxylic acids is 2. The Morgan fingerprint density at radius 3 is 2.57 bits per heavy atom. The minimum absolute atomic E-state index is 0.0945. The van der Waals surface area contributed by atoms with Gasteiger partial charge in [0.05, 0.1) is 18.9 Å². The number of rotatable bonds is 5. The number of fused-ring (bicyclic) bond motifs is 1. The Morgan fingerprint density at radius 1 is 1.18 bits per heavy atom. The van der Waals surface area contributed by atoms with Gasteiger partial charge in [0.15, 0.2) is 0 Å². The van der Waals surface area contributed by atoms with Crippen LogP contribution in [0.3, 0.4) is 0 Å². The van der Waals surface area contributed by atoms with Gasteiger partial charge in [-0.25, -0.2) is 4.98 Å². The molecule has 2 aliphatic rings. The molecule has 2 amide bonds. The Labute approximate surface area is 163 Å². The second-order valence-electron chi connectivity index (χ2n) is 7.37. The number of nitrogens with zero attached hydrogens (tertiary/aromatic N) is 1. The third-order valence-corrected chi connectivity index (χ3v) is 5.58. The van der Waals surface area contributed by atoms with Gasteiger partial charge in [0.25, 0.3) is 11.8 Å². The van der Waals surface area contributed by atoms with Crippen molar-refractivity contribution in [3.63, 3.8) is 0 Å². The van der Waals surface area contributed by atoms with Crippen LogP contribution in [0.2, 0.25) is 0 Å². The predicted octanol–water partition coefficient (Wildman–Crippen LogP) is 1.21. The van der Waals surface area contributed by atoms with Crippen LogP contribution in [0.5, 0.6) is 0 Å². The van der Waals surface area contributed by atoms with Crippen molar-refractivity contribution < 1.29 is 19.4 Å². The van der Waals surface area contributed by atoms with Crippen LogP contribution in [-0.2, 0) is 4.74 Å². The molecule has 1 aliphatic carbocycles. The molecule has 1 saturated heterocycles. The molecule has 7 nitrogen and oxygen atoms in total. The summed E-state index contributed by atoms with van der Waals surface area (Å²) in [5.41, 5.74) is 2.25. The van der Waals surface area contributed by atoms with Gasteiger partial charge in [0.2, 0.25) is 0 Å². The fourth-order valence-corrected chi connectivity index (χ4v) is 3.81. The molecule has 0 bridgehead atoms. The molecule has 1 saturated carbocycles. The number of nitrogens with one attached hydrogen (secondary N) is 2. The normalized spacial score (nSPS) is 23.6. The largest absolute Gasteiger partial charge is 0.382 e. The molecule has 1 unspecified atom stereocenters. The van der Waals surface area contributed by atoms with Crippen molar-refractivity contribution in [2.75, 3.05) is 20.3 Å². The van der Waals surface area contributed by atoms with E-state index in [1.165, 1.54) is 13.1 Å².